The van der Waals surface area contributed by atoms with Crippen LogP contribution in [0.15, 0.2) is 212 Å². The molecule has 0 atom stereocenters. The van der Waals surface area contributed by atoms with Gasteiger partial charge in [-0.15, -0.1) is 11.3 Å². The van der Waals surface area contributed by atoms with Crippen LogP contribution >= 0.6 is 11.3 Å². The maximum absolute atomic E-state index is 14.5. The highest BCUT2D eigenvalue weighted by molar-refractivity contribution is 7.26. The molecule has 0 aliphatic carbocycles. The smallest absolute Gasteiger partial charge is 0.123 e. The van der Waals surface area contributed by atoms with Gasteiger partial charge in [-0.1, -0.05) is 133 Å². The highest BCUT2D eigenvalue weighted by Crippen LogP contribution is 2.42. The van der Waals surface area contributed by atoms with Gasteiger partial charge in [0.05, 0.1) is 11.0 Å². The first-order valence-electron chi connectivity index (χ1n) is 19.5. The zero-order valence-electron chi connectivity index (χ0n) is 31.4. The second-order valence-electron chi connectivity index (χ2n) is 14.7. The number of hydrogen-bond donors (Lipinski definition) is 0. The molecule has 0 aliphatic rings. The van der Waals surface area contributed by atoms with E-state index in [1.165, 1.54) is 42.4 Å². The van der Waals surface area contributed by atoms with E-state index < -0.39 is 0 Å². The fourth-order valence-electron chi connectivity index (χ4n) is 8.52. The van der Waals surface area contributed by atoms with Gasteiger partial charge in [-0.05, 0) is 112 Å². The maximum atomic E-state index is 14.5. The molecule has 0 bridgehead atoms. The molecule has 11 rings (SSSR count). The first-order valence-corrected chi connectivity index (χ1v) is 20.3. The number of hydrogen-bond acceptors (Lipinski definition) is 2. The lowest BCUT2D eigenvalue weighted by molar-refractivity contribution is 0.629. The first-order chi connectivity index (χ1) is 28.7. The molecule has 0 saturated carbocycles. The number of thiophene rings is 1. The van der Waals surface area contributed by atoms with Crippen molar-refractivity contribution in [3.63, 3.8) is 0 Å². The van der Waals surface area contributed by atoms with E-state index in [2.05, 4.69) is 191 Å². The predicted octanol–water partition coefficient (Wildman–Crippen LogP) is 15.8. The average Bonchev–Trinajstić information content (AvgIpc) is 3.83. The number of anilines is 3. The molecule has 2 heterocycles. The Labute approximate surface area is 339 Å². The molecule has 274 valence electrons. The van der Waals surface area contributed by atoms with E-state index in [1.54, 1.807) is 12.1 Å². The van der Waals surface area contributed by atoms with Crippen LogP contribution in [0.5, 0.6) is 0 Å². The largest absolute Gasteiger partial charge is 0.310 e. The van der Waals surface area contributed by atoms with Gasteiger partial charge in [-0.2, -0.15) is 0 Å². The number of nitrogens with zero attached hydrogens (tertiary/aromatic N) is 2. The van der Waals surface area contributed by atoms with E-state index >= 15 is 0 Å². The van der Waals surface area contributed by atoms with Crippen LogP contribution in [-0.4, -0.2) is 4.57 Å². The molecule has 11 aromatic rings. The van der Waals surface area contributed by atoms with Gasteiger partial charge in [0.15, 0.2) is 0 Å². The first kappa shape index (κ1) is 34.0. The molecular weight excluding hydrogens is 728 g/mol. The standard InChI is InChI=1S/C54H35FN2S/c55-41-27-32-52-50(35-41)47-17-4-6-21-51(47)57(52)45-16-9-14-40(34-45)39-13-8-15-44(33-39)56(42-28-23-37(24-29-42)36-11-2-1-3-12-36)43-30-25-38(26-31-43)46-19-10-20-49-48-18-5-7-22-53(48)58-54(46)49/h1-35H. The number of fused-ring (bicyclic) bond motifs is 6. The van der Waals surface area contributed by atoms with Crippen LogP contribution in [0.2, 0.25) is 0 Å². The number of halogens is 1. The van der Waals surface area contributed by atoms with Gasteiger partial charge in [0, 0.05) is 53.7 Å². The zero-order chi connectivity index (χ0) is 38.6. The molecule has 0 saturated heterocycles. The van der Waals surface area contributed by atoms with E-state index in [9.17, 15) is 4.39 Å². The van der Waals surface area contributed by atoms with E-state index in [0.29, 0.717) is 0 Å². The quantitative estimate of drug-likeness (QED) is 0.157. The van der Waals surface area contributed by atoms with Gasteiger partial charge in [-0.3, -0.25) is 0 Å². The number of benzene rings is 9. The summed E-state index contributed by atoms with van der Waals surface area (Å²) in [4.78, 5) is 2.34. The third-order valence-electron chi connectivity index (χ3n) is 11.3. The summed E-state index contributed by atoms with van der Waals surface area (Å²) in [5, 5.41) is 4.55. The Morgan fingerprint density at radius 1 is 0.379 bits per heavy atom. The van der Waals surface area contributed by atoms with E-state index in [1.807, 2.05) is 29.5 Å². The molecule has 9 aromatic carbocycles. The van der Waals surface area contributed by atoms with Gasteiger partial charge in [0.2, 0.25) is 0 Å². The molecular formula is C54H35FN2S. The van der Waals surface area contributed by atoms with Crippen LogP contribution in [-0.2, 0) is 0 Å². The SMILES string of the molecule is Fc1ccc2c(c1)c1ccccc1n2-c1cccc(-c2cccc(N(c3ccc(-c4ccccc4)cc3)c3ccc(-c4cccc5c4sc4ccccc45)cc3)c2)c1. The van der Waals surface area contributed by atoms with Crippen LogP contribution in [0.4, 0.5) is 21.5 Å². The van der Waals surface area contributed by atoms with Crippen LogP contribution in [0, 0.1) is 5.82 Å². The van der Waals surface area contributed by atoms with Crippen molar-refractivity contribution in [1.29, 1.82) is 0 Å². The summed E-state index contributed by atoms with van der Waals surface area (Å²) in [7, 11) is 0. The topological polar surface area (TPSA) is 8.17 Å². The van der Waals surface area contributed by atoms with Crippen molar-refractivity contribution in [2.45, 2.75) is 0 Å². The number of aromatic nitrogens is 1. The Bertz CT molecular complexity index is 3290. The van der Waals surface area contributed by atoms with Gasteiger partial charge in [-0.25, -0.2) is 4.39 Å². The van der Waals surface area contributed by atoms with Crippen LogP contribution in [0.3, 0.4) is 0 Å². The maximum Gasteiger partial charge on any atom is 0.123 e. The zero-order valence-corrected chi connectivity index (χ0v) is 32.2. The average molecular weight is 763 g/mol. The highest BCUT2D eigenvalue weighted by Gasteiger charge is 2.17. The molecule has 0 spiro atoms. The monoisotopic (exact) mass is 762 g/mol. The van der Waals surface area contributed by atoms with Crippen molar-refractivity contribution in [3.8, 4) is 39.1 Å². The van der Waals surface area contributed by atoms with Crippen molar-refractivity contribution in [1.82, 2.24) is 4.57 Å². The number of rotatable bonds is 7. The summed E-state index contributed by atoms with van der Waals surface area (Å²) in [5.74, 6) is -0.233. The molecule has 0 N–H and O–H groups in total. The summed E-state index contributed by atoms with van der Waals surface area (Å²) in [6, 6.07) is 74.4. The molecule has 0 unspecified atom stereocenters. The van der Waals surface area contributed by atoms with Crippen LogP contribution in [0.25, 0.3) is 81.0 Å². The minimum absolute atomic E-state index is 0.233. The van der Waals surface area contributed by atoms with Crippen molar-refractivity contribution in [2.24, 2.45) is 0 Å². The Kier molecular flexibility index (Phi) is 8.23. The summed E-state index contributed by atoms with van der Waals surface area (Å²) >= 11 is 1.86. The van der Waals surface area contributed by atoms with Crippen molar-refractivity contribution in [2.75, 3.05) is 4.90 Å². The lowest BCUT2D eigenvalue weighted by atomic mass is 10.0. The molecule has 58 heavy (non-hydrogen) atoms. The minimum Gasteiger partial charge on any atom is -0.310 e. The summed E-state index contributed by atoms with van der Waals surface area (Å²) in [5.41, 5.74) is 13.3. The Morgan fingerprint density at radius 2 is 0.983 bits per heavy atom. The molecule has 0 amide bonds. The lowest BCUT2D eigenvalue weighted by Gasteiger charge is -2.26. The van der Waals surface area contributed by atoms with E-state index in [-0.39, 0.29) is 5.82 Å². The molecule has 4 heteroatoms. The predicted molar refractivity (Wildman–Crippen MR) is 245 cm³/mol. The van der Waals surface area contributed by atoms with Crippen LogP contribution < -0.4 is 4.90 Å². The minimum atomic E-state index is -0.233. The van der Waals surface area contributed by atoms with Crippen molar-refractivity contribution in [3.05, 3.63) is 218 Å². The Morgan fingerprint density at radius 3 is 1.79 bits per heavy atom. The molecule has 2 nitrogen and oxygen atoms in total. The Balaban J connectivity index is 1.01. The normalized spacial score (nSPS) is 11.5. The molecule has 2 aromatic heterocycles. The summed E-state index contributed by atoms with van der Waals surface area (Å²) < 4.78 is 19.3. The lowest BCUT2D eigenvalue weighted by Crippen LogP contribution is -2.10. The molecule has 0 fully saturated rings. The van der Waals surface area contributed by atoms with E-state index in [0.717, 1.165) is 55.7 Å². The summed E-state index contributed by atoms with van der Waals surface area (Å²) in [6.45, 7) is 0. The fourth-order valence-corrected chi connectivity index (χ4v) is 9.76. The molecule has 0 aliphatic heterocycles. The third kappa shape index (κ3) is 5.85. The van der Waals surface area contributed by atoms with Crippen molar-refractivity contribution < 1.29 is 4.39 Å². The van der Waals surface area contributed by atoms with Gasteiger partial charge in [0.1, 0.15) is 5.82 Å². The highest BCUT2D eigenvalue weighted by atomic mass is 32.1. The third-order valence-corrected chi connectivity index (χ3v) is 12.5. The molecule has 0 radical (unpaired) electrons. The van der Waals surface area contributed by atoms with E-state index in [4.69, 9.17) is 0 Å². The second kappa shape index (κ2) is 14.0. The second-order valence-corrected chi connectivity index (χ2v) is 15.7. The van der Waals surface area contributed by atoms with Gasteiger partial charge in [0.25, 0.3) is 0 Å². The fraction of sp³-hybridized carbons (Fsp3) is 0. The Hall–Kier alpha value is -7.27. The summed E-state index contributed by atoms with van der Waals surface area (Å²) in [6.07, 6.45) is 0. The van der Waals surface area contributed by atoms with Crippen LogP contribution in [0.1, 0.15) is 0 Å². The van der Waals surface area contributed by atoms with Gasteiger partial charge >= 0.3 is 0 Å². The van der Waals surface area contributed by atoms with Gasteiger partial charge < -0.3 is 9.47 Å². The number of para-hydroxylation sites is 1. The van der Waals surface area contributed by atoms with Crippen molar-refractivity contribution >= 4 is 70.4 Å².